The van der Waals surface area contributed by atoms with Crippen LogP contribution in [0.3, 0.4) is 0 Å². The van der Waals surface area contributed by atoms with Crippen LogP contribution < -0.4 is 4.90 Å². The lowest BCUT2D eigenvalue weighted by atomic mass is 10.4. The Balaban J connectivity index is 2.80. The molecule has 1 aromatic heterocycles. The van der Waals surface area contributed by atoms with E-state index in [4.69, 9.17) is 14.6 Å². The molecule has 1 aromatic rings. The van der Waals surface area contributed by atoms with Crippen LogP contribution in [0.4, 0.5) is 5.88 Å². The summed E-state index contributed by atoms with van der Waals surface area (Å²) in [7, 11) is 0. The maximum atomic E-state index is 10.6. The highest BCUT2D eigenvalue weighted by Gasteiger charge is 2.12. The second-order valence-electron chi connectivity index (χ2n) is 2.90. The van der Waals surface area contributed by atoms with E-state index in [0.717, 1.165) is 0 Å². The molecule has 0 aliphatic heterocycles. The fourth-order valence-electron chi connectivity index (χ4n) is 1.18. The standard InChI is InChI=1S/C10H13NO4/c1-2-5-11(6-7-12)9-4-3-8(15-9)10(13)14/h2-4,12H,1,5-7H2,(H,13,14). The Morgan fingerprint density at radius 1 is 1.60 bits per heavy atom. The molecule has 0 radical (unpaired) electrons. The number of rotatable bonds is 6. The normalized spacial score (nSPS) is 9.93. The lowest BCUT2D eigenvalue weighted by molar-refractivity contribution is 0.0663. The molecule has 0 aromatic carbocycles. The maximum absolute atomic E-state index is 10.6. The summed E-state index contributed by atoms with van der Waals surface area (Å²) in [5, 5.41) is 17.5. The summed E-state index contributed by atoms with van der Waals surface area (Å²) in [4.78, 5) is 12.3. The summed E-state index contributed by atoms with van der Waals surface area (Å²) < 4.78 is 5.08. The van der Waals surface area contributed by atoms with Crippen LogP contribution in [-0.4, -0.2) is 35.9 Å². The Morgan fingerprint density at radius 3 is 2.80 bits per heavy atom. The van der Waals surface area contributed by atoms with Crippen molar-refractivity contribution in [2.75, 3.05) is 24.6 Å². The molecular formula is C10H13NO4. The van der Waals surface area contributed by atoms with Gasteiger partial charge in [-0.1, -0.05) is 6.08 Å². The minimum Gasteiger partial charge on any atom is -0.475 e. The number of aromatic carboxylic acids is 1. The first-order chi connectivity index (χ1) is 7.19. The van der Waals surface area contributed by atoms with E-state index in [2.05, 4.69) is 6.58 Å². The van der Waals surface area contributed by atoms with Crippen LogP contribution in [0.5, 0.6) is 0 Å². The molecule has 0 aliphatic carbocycles. The first-order valence-electron chi connectivity index (χ1n) is 4.49. The summed E-state index contributed by atoms with van der Waals surface area (Å²) in [5.41, 5.74) is 0. The smallest absolute Gasteiger partial charge is 0.371 e. The average Bonchev–Trinajstić information content (AvgIpc) is 2.66. The van der Waals surface area contributed by atoms with Crippen molar-refractivity contribution in [1.82, 2.24) is 0 Å². The van der Waals surface area contributed by atoms with Crippen molar-refractivity contribution in [3.63, 3.8) is 0 Å². The van der Waals surface area contributed by atoms with Crippen molar-refractivity contribution < 1.29 is 19.4 Å². The molecule has 0 saturated heterocycles. The first-order valence-corrected chi connectivity index (χ1v) is 4.49. The van der Waals surface area contributed by atoms with Gasteiger partial charge in [-0.25, -0.2) is 4.79 Å². The predicted molar refractivity (Wildman–Crippen MR) is 55.2 cm³/mol. The monoisotopic (exact) mass is 211 g/mol. The van der Waals surface area contributed by atoms with Gasteiger partial charge in [-0.2, -0.15) is 0 Å². The minimum absolute atomic E-state index is 0.0308. The number of carboxylic acid groups (broad SMARTS) is 1. The van der Waals surface area contributed by atoms with Crippen LogP contribution >= 0.6 is 0 Å². The van der Waals surface area contributed by atoms with Crippen molar-refractivity contribution in [2.45, 2.75) is 0 Å². The quantitative estimate of drug-likeness (QED) is 0.685. The Bertz CT molecular complexity index is 345. The van der Waals surface area contributed by atoms with Crippen LogP contribution in [0.25, 0.3) is 0 Å². The molecule has 2 N–H and O–H groups in total. The molecule has 0 unspecified atom stereocenters. The van der Waals surface area contributed by atoms with Crippen molar-refractivity contribution in [3.05, 3.63) is 30.5 Å². The molecule has 0 spiro atoms. The van der Waals surface area contributed by atoms with E-state index in [1.165, 1.54) is 6.07 Å². The van der Waals surface area contributed by atoms with Gasteiger partial charge in [0.1, 0.15) is 0 Å². The van der Waals surface area contributed by atoms with E-state index in [-0.39, 0.29) is 12.4 Å². The van der Waals surface area contributed by atoms with Gasteiger partial charge in [0.2, 0.25) is 5.76 Å². The number of furan rings is 1. The molecule has 1 rings (SSSR count). The summed E-state index contributed by atoms with van der Waals surface area (Å²) in [5.74, 6) is -0.804. The number of hydrogen-bond acceptors (Lipinski definition) is 4. The van der Waals surface area contributed by atoms with Crippen LogP contribution in [-0.2, 0) is 0 Å². The number of aliphatic hydroxyl groups excluding tert-OH is 1. The number of carboxylic acids is 1. The van der Waals surface area contributed by atoms with Gasteiger partial charge >= 0.3 is 5.97 Å². The van der Waals surface area contributed by atoms with E-state index in [1.807, 2.05) is 0 Å². The molecule has 0 bridgehead atoms. The molecular weight excluding hydrogens is 198 g/mol. The van der Waals surface area contributed by atoms with Gasteiger partial charge in [0, 0.05) is 19.2 Å². The number of carbonyl (C=O) groups is 1. The molecule has 0 fully saturated rings. The lowest BCUT2D eigenvalue weighted by Crippen LogP contribution is -2.26. The Labute approximate surface area is 87.2 Å². The molecule has 0 amide bonds. The lowest BCUT2D eigenvalue weighted by Gasteiger charge is -2.18. The largest absolute Gasteiger partial charge is 0.475 e. The van der Waals surface area contributed by atoms with Gasteiger partial charge in [0.05, 0.1) is 6.61 Å². The zero-order valence-electron chi connectivity index (χ0n) is 8.22. The summed E-state index contributed by atoms with van der Waals surface area (Å²) in [6.45, 7) is 4.40. The zero-order valence-corrected chi connectivity index (χ0v) is 8.22. The molecule has 5 nitrogen and oxygen atoms in total. The second-order valence-corrected chi connectivity index (χ2v) is 2.90. The van der Waals surface area contributed by atoms with E-state index < -0.39 is 5.97 Å². The van der Waals surface area contributed by atoms with Gasteiger partial charge in [-0.15, -0.1) is 6.58 Å². The van der Waals surface area contributed by atoms with E-state index in [0.29, 0.717) is 19.0 Å². The Kier molecular flexibility index (Phi) is 3.93. The number of nitrogens with zero attached hydrogens (tertiary/aromatic N) is 1. The summed E-state index contributed by atoms with van der Waals surface area (Å²) in [6.07, 6.45) is 1.65. The van der Waals surface area contributed by atoms with Crippen molar-refractivity contribution >= 4 is 11.9 Å². The van der Waals surface area contributed by atoms with Crippen molar-refractivity contribution in [1.29, 1.82) is 0 Å². The zero-order chi connectivity index (χ0) is 11.3. The van der Waals surface area contributed by atoms with Gasteiger partial charge in [-0.05, 0) is 6.07 Å². The molecule has 0 atom stereocenters. The van der Waals surface area contributed by atoms with E-state index >= 15 is 0 Å². The average molecular weight is 211 g/mol. The van der Waals surface area contributed by atoms with Crippen LogP contribution in [0, 0.1) is 0 Å². The molecule has 82 valence electrons. The third kappa shape index (κ3) is 2.85. The van der Waals surface area contributed by atoms with Crippen LogP contribution in [0.1, 0.15) is 10.6 Å². The Hall–Kier alpha value is -1.75. The van der Waals surface area contributed by atoms with E-state index in [1.54, 1.807) is 17.0 Å². The summed E-state index contributed by atoms with van der Waals surface area (Å²) >= 11 is 0. The number of aliphatic hydroxyl groups is 1. The minimum atomic E-state index is -1.11. The van der Waals surface area contributed by atoms with Gasteiger partial charge in [0.15, 0.2) is 5.88 Å². The number of anilines is 1. The molecule has 15 heavy (non-hydrogen) atoms. The second kappa shape index (κ2) is 5.21. The van der Waals surface area contributed by atoms with Gasteiger partial charge < -0.3 is 19.5 Å². The van der Waals surface area contributed by atoms with Gasteiger partial charge in [-0.3, -0.25) is 0 Å². The number of hydrogen-bond donors (Lipinski definition) is 2. The molecule has 0 aliphatic rings. The predicted octanol–water partition coefficient (Wildman–Crippen LogP) is 0.962. The van der Waals surface area contributed by atoms with Gasteiger partial charge in [0.25, 0.3) is 0 Å². The van der Waals surface area contributed by atoms with Crippen LogP contribution in [0.2, 0.25) is 0 Å². The fourth-order valence-corrected chi connectivity index (χ4v) is 1.18. The SMILES string of the molecule is C=CCN(CCO)c1ccc(C(=O)O)o1. The first kappa shape index (κ1) is 11.3. The topological polar surface area (TPSA) is 73.9 Å². The van der Waals surface area contributed by atoms with Crippen molar-refractivity contribution in [3.8, 4) is 0 Å². The molecule has 1 heterocycles. The van der Waals surface area contributed by atoms with Crippen molar-refractivity contribution in [2.24, 2.45) is 0 Å². The fraction of sp³-hybridized carbons (Fsp3) is 0.300. The highest BCUT2D eigenvalue weighted by Crippen LogP contribution is 2.18. The highest BCUT2D eigenvalue weighted by atomic mass is 16.4. The third-order valence-electron chi connectivity index (χ3n) is 1.83. The van der Waals surface area contributed by atoms with Crippen LogP contribution in [0.15, 0.2) is 29.2 Å². The van der Waals surface area contributed by atoms with E-state index in [9.17, 15) is 4.79 Å². The molecule has 5 heteroatoms. The molecule has 0 saturated carbocycles. The summed E-state index contributed by atoms with van der Waals surface area (Å²) in [6, 6.07) is 2.94. The highest BCUT2D eigenvalue weighted by molar-refractivity contribution is 5.84. The maximum Gasteiger partial charge on any atom is 0.371 e. The third-order valence-corrected chi connectivity index (χ3v) is 1.83. The Morgan fingerprint density at radius 2 is 2.33 bits per heavy atom.